The van der Waals surface area contributed by atoms with Gasteiger partial charge >= 0.3 is 11.9 Å². The molecule has 0 unspecified atom stereocenters. The first-order valence-electron chi connectivity index (χ1n) is 9.92. The van der Waals surface area contributed by atoms with E-state index < -0.39 is 48.7 Å². The van der Waals surface area contributed by atoms with Crippen LogP contribution >= 0.6 is 67.8 Å². The molecular formula is C21H20I3NO10. The Morgan fingerprint density at radius 3 is 2.14 bits per heavy atom. The third-order valence-electron chi connectivity index (χ3n) is 5.01. The Morgan fingerprint density at radius 2 is 1.60 bits per heavy atom. The van der Waals surface area contributed by atoms with Gasteiger partial charge in [0.25, 0.3) is 0 Å². The summed E-state index contributed by atoms with van der Waals surface area (Å²) in [5.74, 6) is -1.33. The molecule has 0 aliphatic carbocycles. The monoisotopic (exact) mass is 833 g/mol. The Hall–Kier alpha value is -1.03. The zero-order valence-electron chi connectivity index (χ0n) is 17.5. The van der Waals surface area contributed by atoms with Crippen LogP contribution in [-0.2, 0) is 20.7 Å². The number of aliphatic carboxylic acids is 2. The molecule has 6 atom stereocenters. The number of carboxylic acids is 2. The van der Waals surface area contributed by atoms with E-state index in [-0.39, 0.29) is 12.2 Å². The Morgan fingerprint density at radius 1 is 0.971 bits per heavy atom. The number of hydrogen-bond donors (Lipinski definition) is 6. The van der Waals surface area contributed by atoms with Crippen LogP contribution in [0.15, 0.2) is 30.3 Å². The van der Waals surface area contributed by atoms with E-state index in [1.54, 1.807) is 24.3 Å². The molecule has 0 aromatic heterocycles. The number of hydrogen-bond acceptors (Lipinski definition) is 9. The molecule has 2 aromatic carbocycles. The van der Waals surface area contributed by atoms with Crippen LogP contribution < -0.4 is 15.2 Å². The van der Waals surface area contributed by atoms with Crippen LogP contribution in [-0.4, -0.2) is 74.2 Å². The van der Waals surface area contributed by atoms with Crippen LogP contribution in [0, 0.1) is 10.7 Å². The van der Waals surface area contributed by atoms with E-state index in [2.05, 4.69) is 45.2 Å². The highest BCUT2D eigenvalue weighted by Gasteiger charge is 2.48. The van der Waals surface area contributed by atoms with E-state index in [0.717, 1.165) is 12.7 Å². The van der Waals surface area contributed by atoms with Crippen LogP contribution in [0.2, 0.25) is 0 Å². The largest absolute Gasteiger partial charge is 0.480 e. The van der Waals surface area contributed by atoms with Crippen molar-refractivity contribution in [2.75, 3.05) is 0 Å². The molecule has 14 heteroatoms. The Labute approximate surface area is 240 Å². The van der Waals surface area contributed by atoms with Crippen LogP contribution in [0.1, 0.15) is 5.56 Å². The molecule has 0 bridgehead atoms. The number of carbonyl (C=O) groups is 2. The highest BCUT2D eigenvalue weighted by Crippen LogP contribution is 2.36. The van der Waals surface area contributed by atoms with Crippen LogP contribution in [0.25, 0.3) is 0 Å². The van der Waals surface area contributed by atoms with E-state index in [1.165, 1.54) is 6.07 Å². The lowest BCUT2D eigenvalue weighted by atomic mass is 9.99. The topological polar surface area (TPSA) is 189 Å². The summed E-state index contributed by atoms with van der Waals surface area (Å²) in [5.41, 5.74) is 6.39. The maximum absolute atomic E-state index is 11.3. The summed E-state index contributed by atoms with van der Waals surface area (Å²) in [4.78, 5) is 22.3. The molecule has 1 aliphatic heterocycles. The number of aliphatic hydroxyl groups is 3. The molecule has 3 rings (SSSR count). The second-order valence-corrected chi connectivity index (χ2v) is 11.1. The van der Waals surface area contributed by atoms with Crippen LogP contribution in [0.5, 0.6) is 17.2 Å². The Balaban J connectivity index is 1.75. The van der Waals surface area contributed by atoms with Gasteiger partial charge in [0.2, 0.25) is 6.29 Å². The normalized spacial score (nSPS) is 25.1. The van der Waals surface area contributed by atoms with Crippen molar-refractivity contribution in [3.05, 3.63) is 46.6 Å². The van der Waals surface area contributed by atoms with Gasteiger partial charge in [-0.3, -0.25) is 4.79 Å². The summed E-state index contributed by atoms with van der Waals surface area (Å²) >= 11 is 6.13. The molecule has 1 saturated heterocycles. The summed E-state index contributed by atoms with van der Waals surface area (Å²) in [6, 6.07) is 7.34. The number of nitrogens with two attached hydrogens (primary N) is 1. The maximum atomic E-state index is 11.3. The van der Waals surface area contributed by atoms with Crippen molar-refractivity contribution in [1.82, 2.24) is 0 Å². The molecular weight excluding hydrogens is 813 g/mol. The van der Waals surface area contributed by atoms with Gasteiger partial charge in [-0.15, -0.1) is 0 Å². The fraction of sp³-hybridized carbons (Fsp3) is 0.333. The molecule has 1 heterocycles. The van der Waals surface area contributed by atoms with Gasteiger partial charge in [0.1, 0.15) is 35.9 Å². The zero-order chi connectivity index (χ0) is 26.0. The lowest BCUT2D eigenvalue weighted by molar-refractivity contribution is -0.271. The number of carboxylic acid groups (broad SMARTS) is 2. The standard InChI is InChI=1S/C21H20I3NO10/c22-9-6-8(33-17-10(23)3-7(4-11(17)24)5-12(25)19(29)30)1-2-13(9)34-21-16(28)14(26)15(27)18(35-21)20(31)32/h1-4,6,12,14-16,18,21,26-28H,5,25H2,(H,29,30)(H,31,32)/t12-,14-,15-,16+,18-,21+/m0/s1/i1+1,2+1,6+1,8+1,9+1,13+1. The smallest absolute Gasteiger partial charge is 0.335 e. The molecule has 0 saturated carbocycles. The summed E-state index contributed by atoms with van der Waals surface area (Å²) in [5, 5.41) is 48.1. The summed E-state index contributed by atoms with van der Waals surface area (Å²) in [7, 11) is 0. The second kappa shape index (κ2) is 12.0. The third-order valence-corrected chi connectivity index (χ3v) is 7.46. The Bertz CT molecular complexity index is 1090. The minimum absolute atomic E-state index is 0.176. The fourth-order valence-corrected chi connectivity index (χ4v) is 5.93. The molecule has 190 valence electrons. The van der Waals surface area contributed by atoms with Crippen LogP contribution in [0.3, 0.4) is 0 Å². The van der Waals surface area contributed by atoms with Crippen LogP contribution in [0.4, 0.5) is 0 Å². The molecule has 7 N–H and O–H groups in total. The molecule has 2 aromatic rings. The molecule has 11 nitrogen and oxygen atoms in total. The number of halogens is 3. The van der Waals surface area contributed by atoms with E-state index in [4.69, 9.17) is 25.1 Å². The maximum Gasteiger partial charge on any atom is 0.335 e. The lowest BCUT2D eigenvalue weighted by Gasteiger charge is -2.38. The van der Waals surface area contributed by atoms with Crippen molar-refractivity contribution >= 4 is 79.7 Å². The fourth-order valence-electron chi connectivity index (χ4n) is 3.20. The van der Waals surface area contributed by atoms with Gasteiger partial charge in [-0.2, -0.15) is 0 Å². The second-order valence-electron chi connectivity index (χ2n) is 7.58. The number of aliphatic hydroxyl groups excluding tert-OH is 3. The van der Waals surface area contributed by atoms with E-state index in [9.17, 15) is 30.0 Å². The van der Waals surface area contributed by atoms with Crippen molar-refractivity contribution < 1.29 is 49.3 Å². The Kier molecular flexibility index (Phi) is 9.79. The molecule has 0 radical (unpaired) electrons. The number of ether oxygens (including phenoxy) is 3. The van der Waals surface area contributed by atoms with Gasteiger partial charge < -0.3 is 45.5 Å². The van der Waals surface area contributed by atoms with E-state index >= 15 is 0 Å². The van der Waals surface area contributed by atoms with Gasteiger partial charge in [-0.1, -0.05) is 0 Å². The highest BCUT2D eigenvalue weighted by atomic mass is 127. The van der Waals surface area contributed by atoms with Gasteiger partial charge in [-0.05, 0) is 110 Å². The number of rotatable bonds is 8. The first kappa shape index (κ1) is 28.5. The average Bonchev–Trinajstić information content (AvgIpc) is 2.77. The molecule has 0 amide bonds. The minimum atomic E-state index is -1.81. The summed E-state index contributed by atoms with van der Waals surface area (Å²) in [6.07, 6.45) is -8.38. The average molecular weight is 833 g/mol. The van der Waals surface area contributed by atoms with Gasteiger partial charge in [0, 0.05) is 0 Å². The predicted molar refractivity (Wildman–Crippen MR) is 145 cm³/mol. The number of benzene rings is 2. The zero-order valence-corrected chi connectivity index (χ0v) is 24.0. The third kappa shape index (κ3) is 6.84. The van der Waals surface area contributed by atoms with E-state index in [0.29, 0.717) is 15.1 Å². The summed E-state index contributed by atoms with van der Waals surface area (Å²) in [6.45, 7) is 0. The van der Waals surface area contributed by atoms with Gasteiger partial charge in [-0.25, -0.2) is 4.79 Å². The molecule has 1 fully saturated rings. The van der Waals surface area contributed by atoms with Gasteiger partial charge in [0.15, 0.2) is 11.9 Å². The van der Waals surface area contributed by atoms with Crippen molar-refractivity contribution in [2.45, 2.75) is 43.2 Å². The lowest BCUT2D eigenvalue weighted by Crippen LogP contribution is -2.61. The van der Waals surface area contributed by atoms with E-state index in [1.807, 2.05) is 22.6 Å². The minimum Gasteiger partial charge on any atom is -0.480 e. The SMILES string of the molecule is N[C@@H](Cc1cc(I)c(O[13c]2[13cH][13cH][13c](O[C@@H]3O[C@H](C(=O)O)[C@@H](O)[C@H](O)[C@H]3O)[13c](I)[13cH]2)c(I)c1)C(=O)O. The van der Waals surface area contributed by atoms with Gasteiger partial charge in [0.05, 0.1) is 10.7 Å². The van der Waals surface area contributed by atoms with Crippen molar-refractivity contribution in [3.63, 3.8) is 0 Å². The van der Waals surface area contributed by atoms with Crippen molar-refractivity contribution in [1.29, 1.82) is 0 Å². The molecule has 35 heavy (non-hydrogen) atoms. The molecule has 0 spiro atoms. The van der Waals surface area contributed by atoms with Crippen molar-refractivity contribution in [3.8, 4) is 17.2 Å². The molecule has 1 aliphatic rings. The first-order chi connectivity index (χ1) is 16.4. The first-order valence-corrected chi connectivity index (χ1v) is 13.2. The summed E-state index contributed by atoms with van der Waals surface area (Å²) < 4.78 is 18.8. The highest BCUT2D eigenvalue weighted by molar-refractivity contribution is 14.1. The predicted octanol–water partition coefficient (Wildman–Crippen LogP) is 1.52. The quantitative estimate of drug-likeness (QED) is 0.212. The van der Waals surface area contributed by atoms with Crippen molar-refractivity contribution in [2.24, 2.45) is 5.73 Å².